The number of hydrazone groups is 1. The maximum Gasteiger partial charge on any atom is 0.295 e. The highest BCUT2D eigenvalue weighted by Crippen LogP contribution is 1.97. The maximum absolute atomic E-state index is 11.4. The number of nitrogens with zero attached hydrogens (tertiary/aromatic N) is 2. The molecule has 0 bridgehead atoms. The van der Waals surface area contributed by atoms with Gasteiger partial charge in [-0.15, -0.1) is 0 Å². The van der Waals surface area contributed by atoms with E-state index in [1.807, 2.05) is 51.5 Å². The van der Waals surface area contributed by atoms with Gasteiger partial charge in [0.1, 0.15) is 0 Å². The third kappa shape index (κ3) is 7.81. The van der Waals surface area contributed by atoms with Crippen molar-refractivity contribution in [1.29, 1.82) is 0 Å². The predicted molar refractivity (Wildman–Crippen MR) is 69.7 cm³/mol. The fourth-order valence-corrected chi connectivity index (χ4v) is 1.35. The Balaban J connectivity index is 0.00000289. The molecule has 0 aliphatic heterocycles. The average Bonchev–Trinajstić information content (AvgIpc) is 2.23. The predicted octanol–water partition coefficient (Wildman–Crippen LogP) is -1.96. The van der Waals surface area contributed by atoms with Gasteiger partial charge in [-0.2, -0.15) is 5.10 Å². The molecule has 0 radical (unpaired) electrons. The number of nitrogens with one attached hydrogen (secondary N) is 1. The van der Waals surface area contributed by atoms with Gasteiger partial charge < -0.3 is 16.9 Å². The molecule has 0 aliphatic carbocycles. The van der Waals surface area contributed by atoms with Gasteiger partial charge in [0.05, 0.1) is 21.1 Å². The van der Waals surface area contributed by atoms with Crippen LogP contribution in [0.3, 0.4) is 0 Å². The summed E-state index contributed by atoms with van der Waals surface area (Å²) in [5.74, 6) is -0.0678. The van der Waals surface area contributed by atoms with E-state index in [0.29, 0.717) is 11.0 Å². The number of quaternary nitrogens is 1. The topological polar surface area (TPSA) is 41.5 Å². The summed E-state index contributed by atoms with van der Waals surface area (Å²) in [6.45, 7) is 0.419. The van der Waals surface area contributed by atoms with Crippen LogP contribution in [0.25, 0.3) is 0 Å². The number of carbonyl (C=O) groups is 1. The highest BCUT2D eigenvalue weighted by atomic mass is 35.5. The first-order chi connectivity index (χ1) is 7.97. The molecule has 1 rings (SSSR count). The number of amides is 1. The van der Waals surface area contributed by atoms with Gasteiger partial charge in [0.15, 0.2) is 6.54 Å². The quantitative estimate of drug-likeness (QED) is 0.377. The molecule has 0 unspecified atom stereocenters. The third-order valence-corrected chi connectivity index (χ3v) is 2.07. The fourth-order valence-electron chi connectivity index (χ4n) is 1.35. The Bertz CT molecular complexity index is 385. The van der Waals surface area contributed by atoms with Crippen molar-refractivity contribution in [1.82, 2.24) is 5.43 Å². The van der Waals surface area contributed by atoms with E-state index >= 15 is 0 Å². The van der Waals surface area contributed by atoms with Crippen molar-refractivity contribution in [3.8, 4) is 0 Å². The van der Waals surface area contributed by atoms with E-state index in [0.717, 1.165) is 6.42 Å². The molecule has 5 heteroatoms. The zero-order chi connectivity index (χ0) is 12.7. The number of benzene rings is 1. The fraction of sp³-hybridized carbons (Fsp3) is 0.385. The van der Waals surface area contributed by atoms with Crippen LogP contribution in [0.1, 0.15) is 5.56 Å². The number of rotatable bonds is 5. The van der Waals surface area contributed by atoms with Crippen LogP contribution in [0.4, 0.5) is 0 Å². The van der Waals surface area contributed by atoms with Crippen molar-refractivity contribution >= 4 is 12.1 Å². The second-order valence-electron chi connectivity index (χ2n) is 4.98. The number of likely N-dealkylation sites (N-methyl/N-ethyl adjacent to an activating group) is 1. The lowest BCUT2D eigenvalue weighted by Gasteiger charge is -2.21. The lowest BCUT2D eigenvalue weighted by atomic mass is 10.2. The van der Waals surface area contributed by atoms with Gasteiger partial charge in [-0.25, -0.2) is 5.43 Å². The zero-order valence-corrected chi connectivity index (χ0v) is 11.8. The summed E-state index contributed by atoms with van der Waals surface area (Å²) in [4.78, 5) is 11.4. The molecule has 0 aromatic heterocycles. The highest BCUT2D eigenvalue weighted by molar-refractivity contribution is 5.77. The number of hydrogen-bond acceptors (Lipinski definition) is 2. The van der Waals surface area contributed by atoms with Crippen molar-refractivity contribution in [2.45, 2.75) is 6.42 Å². The van der Waals surface area contributed by atoms with Crippen molar-refractivity contribution in [3.63, 3.8) is 0 Å². The van der Waals surface area contributed by atoms with Gasteiger partial charge in [-0.05, 0) is 5.56 Å². The van der Waals surface area contributed by atoms with E-state index in [1.165, 1.54) is 5.56 Å². The van der Waals surface area contributed by atoms with Gasteiger partial charge >= 0.3 is 0 Å². The molecule has 0 heterocycles. The van der Waals surface area contributed by atoms with Crippen LogP contribution in [0.5, 0.6) is 0 Å². The van der Waals surface area contributed by atoms with Crippen molar-refractivity contribution < 1.29 is 21.7 Å². The standard InChI is InChI=1S/C13H19N3O.ClH/c1-16(2,3)11-13(17)15-14-10-9-12-7-5-4-6-8-12;/h4-8,10H,9,11H2,1-3H3;1H/b14-10+;. The van der Waals surface area contributed by atoms with Crippen LogP contribution in [-0.4, -0.2) is 44.3 Å². The van der Waals surface area contributed by atoms with Crippen molar-refractivity contribution in [2.24, 2.45) is 5.10 Å². The van der Waals surface area contributed by atoms with Gasteiger partial charge in [0, 0.05) is 12.6 Å². The summed E-state index contributed by atoms with van der Waals surface area (Å²) >= 11 is 0. The molecular formula is C13H20ClN3O. The first-order valence-electron chi connectivity index (χ1n) is 5.62. The molecule has 4 nitrogen and oxygen atoms in total. The molecule has 0 saturated heterocycles. The number of carbonyl (C=O) groups excluding carboxylic acids is 1. The number of halogens is 1. The Hall–Kier alpha value is -1.39. The summed E-state index contributed by atoms with van der Waals surface area (Å²) < 4.78 is 0.597. The highest BCUT2D eigenvalue weighted by Gasteiger charge is 2.12. The molecule has 0 saturated carbocycles. The third-order valence-electron chi connectivity index (χ3n) is 2.07. The van der Waals surface area contributed by atoms with Gasteiger partial charge in [-0.3, -0.25) is 4.79 Å². The molecule has 0 atom stereocenters. The van der Waals surface area contributed by atoms with Crippen LogP contribution in [-0.2, 0) is 11.2 Å². The minimum Gasteiger partial charge on any atom is -1.00 e. The molecular weight excluding hydrogens is 250 g/mol. The number of hydrogen-bond donors (Lipinski definition) is 1. The molecule has 0 fully saturated rings. The lowest BCUT2D eigenvalue weighted by molar-refractivity contribution is -0.862. The van der Waals surface area contributed by atoms with Crippen molar-refractivity contribution in [3.05, 3.63) is 35.9 Å². The Labute approximate surface area is 115 Å². The van der Waals surface area contributed by atoms with Crippen LogP contribution < -0.4 is 17.8 Å². The Morgan fingerprint density at radius 1 is 1.28 bits per heavy atom. The second-order valence-corrected chi connectivity index (χ2v) is 4.98. The normalized spacial score (nSPS) is 11.1. The zero-order valence-electron chi connectivity index (χ0n) is 11.1. The summed E-state index contributed by atoms with van der Waals surface area (Å²) in [5.41, 5.74) is 3.70. The molecule has 1 aromatic rings. The largest absolute Gasteiger partial charge is 1.00 e. The van der Waals surface area contributed by atoms with E-state index in [1.54, 1.807) is 6.21 Å². The minimum atomic E-state index is -0.0678. The van der Waals surface area contributed by atoms with E-state index in [-0.39, 0.29) is 18.3 Å². The molecule has 18 heavy (non-hydrogen) atoms. The van der Waals surface area contributed by atoms with E-state index in [2.05, 4.69) is 10.5 Å². The van der Waals surface area contributed by atoms with Crippen LogP contribution in [0.2, 0.25) is 0 Å². The minimum absolute atomic E-state index is 0. The Kier molecular flexibility index (Phi) is 7.24. The van der Waals surface area contributed by atoms with Gasteiger partial charge in [0.25, 0.3) is 5.91 Å². The summed E-state index contributed by atoms with van der Waals surface area (Å²) in [7, 11) is 5.90. The van der Waals surface area contributed by atoms with Crippen LogP contribution >= 0.6 is 0 Å². The van der Waals surface area contributed by atoms with E-state index in [9.17, 15) is 4.79 Å². The molecule has 1 amide bonds. The van der Waals surface area contributed by atoms with Crippen LogP contribution in [0, 0.1) is 0 Å². The lowest BCUT2D eigenvalue weighted by Crippen LogP contribution is -3.00. The summed E-state index contributed by atoms with van der Waals surface area (Å²) in [6, 6.07) is 10.0. The Morgan fingerprint density at radius 3 is 2.44 bits per heavy atom. The van der Waals surface area contributed by atoms with E-state index in [4.69, 9.17) is 0 Å². The SMILES string of the molecule is C[N+](C)(C)CC(=O)N/N=C/Cc1ccccc1.[Cl-]. The first-order valence-corrected chi connectivity index (χ1v) is 5.62. The second kappa shape index (κ2) is 7.84. The monoisotopic (exact) mass is 269 g/mol. The van der Waals surface area contributed by atoms with Crippen molar-refractivity contribution in [2.75, 3.05) is 27.7 Å². The smallest absolute Gasteiger partial charge is 0.295 e. The Morgan fingerprint density at radius 2 is 1.89 bits per heavy atom. The molecule has 1 aromatic carbocycles. The molecule has 1 N–H and O–H groups in total. The molecule has 0 aliphatic rings. The molecule has 0 spiro atoms. The molecule has 100 valence electrons. The van der Waals surface area contributed by atoms with Gasteiger partial charge in [0.2, 0.25) is 0 Å². The summed E-state index contributed by atoms with van der Waals surface area (Å²) in [5, 5.41) is 3.92. The maximum atomic E-state index is 11.4. The average molecular weight is 270 g/mol. The van der Waals surface area contributed by atoms with E-state index < -0.39 is 0 Å². The first kappa shape index (κ1) is 16.6. The summed E-state index contributed by atoms with van der Waals surface area (Å²) in [6.07, 6.45) is 2.44. The van der Waals surface area contributed by atoms with Crippen LogP contribution in [0.15, 0.2) is 35.4 Å². The van der Waals surface area contributed by atoms with Gasteiger partial charge in [-0.1, -0.05) is 30.3 Å².